The van der Waals surface area contributed by atoms with Crippen LogP contribution in [0.15, 0.2) is 66.8 Å². The molecule has 0 aromatic heterocycles. The highest BCUT2D eigenvalue weighted by Crippen LogP contribution is 2.32. The van der Waals surface area contributed by atoms with Crippen molar-refractivity contribution in [3.8, 4) is 0 Å². The quantitative estimate of drug-likeness (QED) is 0.162. The van der Waals surface area contributed by atoms with Crippen LogP contribution < -0.4 is 0 Å². The van der Waals surface area contributed by atoms with Gasteiger partial charge in [0.1, 0.15) is 0 Å². The first kappa shape index (κ1) is 26.1. The van der Waals surface area contributed by atoms with Gasteiger partial charge in [-0.05, 0) is 57.1 Å². The van der Waals surface area contributed by atoms with Gasteiger partial charge >= 0.3 is 11.9 Å². The van der Waals surface area contributed by atoms with Gasteiger partial charge in [0.2, 0.25) is 0 Å². The monoisotopic (exact) mass is 440 g/mol. The van der Waals surface area contributed by atoms with Crippen molar-refractivity contribution >= 4 is 5.97 Å². The molecule has 0 aliphatic carbocycles. The number of esters is 1. The highest BCUT2D eigenvalue weighted by Gasteiger charge is 2.41. The number of hydrogen-bond acceptors (Lipinski definition) is 4. The Bertz CT molecular complexity index is 699. The van der Waals surface area contributed by atoms with Gasteiger partial charge in [-0.1, -0.05) is 80.8 Å². The van der Waals surface area contributed by atoms with Gasteiger partial charge in [0, 0.05) is 6.42 Å². The number of rotatable bonds is 15. The van der Waals surface area contributed by atoms with Crippen LogP contribution in [0.1, 0.15) is 83.1 Å². The lowest BCUT2D eigenvalue weighted by atomic mass is 10.1. The van der Waals surface area contributed by atoms with Crippen LogP contribution in [0.2, 0.25) is 0 Å². The van der Waals surface area contributed by atoms with Crippen molar-refractivity contribution in [3.05, 3.63) is 72.4 Å². The van der Waals surface area contributed by atoms with E-state index in [4.69, 9.17) is 14.2 Å². The second-order valence-electron chi connectivity index (χ2n) is 8.05. The third-order valence-corrected chi connectivity index (χ3v) is 5.28. The molecule has 0 N–H and O–H groups in total. The molecule has 0 spiro atoms. The molecule has 1 saturated heterocycles. The van der Waals surface area contributed by atoms with Crippen LogP contribution in [-0.4, -0.2) is 19.2 Å². The molecule has 1 heterocycles. The average molecular weight is 441 g/mol. The molecule has 176 valence electrons. The molecule has 4 nitrogen and oxygen atoms in total. The van der Waals surface area contributed by atoms with Crippen LogP contribution >= 0.6 is 0 Å². The van der Waals surface area contributed by atoms with E-state index in [1.54, 1.807) is 0 Å². The van der Waals surface area contributed by atoms with Gasteiger partial charge in [-0.3, -0.25) is 4.79 Å². The van der Waals surface area contributed by atoms with Crippen molar-refractivity contribution in [2.45, 2.75) is 83.5 Å². The van der Waals surface area contributed by atoms with E-state index in [2.05, 4.69) is 43.4 Å². The zero-order valence-electron chi connectivity index (χ0n) is 19.7. The molecular weight excluding hydrogens is 400 g/mol. The molecule has 0 atom stereocenters. The Kier molecular flexibility index (Phi) is 13.4. The Morgan fingerprint density at radius 3 is 2.22 bits per heavy atom. The van der Waals surface area contributed by atoms with Crippen LogP contribution in [0.25, 0.3) is 0 Å². The molecule has 4 heteroatoms. The summed E-state index contributed by atoms with van der Waals surface area (Å²) in [5.74, 6) is -1.65. The molecule has 32 heavy (non-hydrogen) atoms. The van der Waals surface area contributed by atoms with Gasteiger partial charge in [-0.25, -0.2) is 0 Å². The van der Waals surface area contributed by atoms with Crippen LogP contribution in [0.5, 0.6) is 0 Å². The summed E-state index contributed by atoms with van der Waals surface area (Å²) in [6.07, 6.45) is 24.2. The van der Waals surface area contributed by atoms with Crippen LogP contribution in [-0.2, 0) is 25.0 Å². The first-order valence-electron chi connectivity index (χ1n) is 12.3. The molecule has 1 aromatic carbocycles. The average Bonchev–Trinajstić information content (AvgIpc) is 2.82. The fourth-order valence-corrected chi connectivity index (χ4v) is 3.53. The SMILES string of the molecule is CCC=CCC=CCC=CCCCCCCCC(=O)OC1(c2ccccc2)OCCCO1. The first-order chi connectivity index (χ1) is 15.8. The predicted molar refractivity (Wildman–Crippen MR) is 130 cm³/mol. The number of carbonyl (C=O) groups is 1. The Balaban J connectivity index is 1.54. The maximum Gasteiger partial charge on any atom is 0.358 e. The maximum absolute atomic E-state index is 12.4. The van der Waals surface area contributed by atoms with E-state index in [1.807, 2.05) is 30.3 Å². The number of hydrogen-bond donors (Lipinski definition) is 0. The summed E-state index contributed by atoms with van der Waals surface area (Å²) in [7, 11) is 0. The van der Waals surface area contributed by atoms with Gasteiger partial charge in [0.15, 0.2) is 0 Å². The largest absolute Gasteiger partial charge is 0.404 e. The Morgan fingerprint density at radius 1 is 0.875 bits per heavy atom. The molecule has 0 radical (unpaired) electrons. The molecule has 1 aliphatic heterocycles. The van der Waals surface area contributed by atoms with E-state index >= 15 is 0 Å². The number of unbranched alkanes of at least 4 members (excludes halogenated alkanes) is 5. The third kappa shape index (κ3) is 10.4. The minimum absolute atomic E-state index is 0.267. The number of ether oxygens (including phenoxy) is 3. The number of allylic oxidation sites excluding steroid dienone is 6. The third-order valence-electron chi connectivity index (χ3n) is 5.28. The molecule has 0 saturated carbocycles. The van der Waals surface area contributed by atoms with Gasteiger partial charge in [-0.15, -0.1) is 0 Å². The van der Waals surface area contributed by atoms with Crippen molar-refractivity contribution in [3.63, 3.8) is 0 Å². The van der Waals surface area contributed by atoms with Crippen LogP contribution in [0, 0.1) is 0 Å². The summed E-state index contributed by atoms with van der Waals surface area (Å²) in [6.45, 7) is 3.19. The Labute approximate surface area is 194 Å². The normalized spacial score (nSPS) is 16.3. The molecule has 0 bridgehead atoms. The second kappa shape index (κ2) is 16.5. The maximum atomic E-state index is 12.4. The van der Waals surface area contributed by atoms with E-state index in [0.717, 1.165) is 56.9 Å². The fraction of sp³-hybridized carbons (Fsp3) is 0.536. The molecule has 1 fully saturated rings. The van der Waals surface area contributed by atoms with Crippen molar-refractivity contribution < 1.29 is 19.0 Å². The number of benzene rings is 1. The van der Waals surface area contributed by atoms with E-state index in [9.17, 15) is 4.79 Å². The minimum Gasteiger partial charge on any atom is -0.404 e. The summed E-state index contributed by atoms with van der Waals surface area (Å²) in [5, 5.41) is 0. The highest BCUT2D eigenvalue weighted by molar-refractivity contribution is 5.69. The smallest absolute Gasteiger partial charge is 0.358 e. The molecule has 2 rings (SSSR count). The standard InChI is InChI=1S/C28H40O4/c1-2-3-4-5-6-7-8-9-10-11-12-13-14-15-19-23-27(29)32-28(30-24-20-25-31-28)26-21-17-16-18-22-26/h3-4,6-7,9-10,16-18,21-22H,2,5,8,11-15,19-20,23-25H2,1H3. The fourth-order valence-electron chi connectivity index (χ4n) is 3.53. The molecule has 0 unspecified atom stereocenters. The predicted octanol–water partition coefficient (Wildman–Crippen LogP) is 7.37. The van der Waals surface area contributed by atoms with Gasteiger partial charge in [-0.2, -0.15) is 0 Å². The summed E-state index contributed by atoms with van der Waals surface area (Å²) in [5.41, 5.74) is 0.727. The first-order valence-corrected chi connectivity index (χ1v) is 12.3. The van der Waals surface area contributed by atoms with Gasteiger partial charge in [0.25, 0.3) is 0 Å². The second-order valence-corrected chi connectivity index (χ2v) is 8.05. The lowest BCUT2D eigenvalue weighted by Crippen LogP contribution is -2.42. The molecule has 1 aromatic rings. The van der Waals surface area contributed by atoms with Crippen molar-refractivity contribution in [2.75, 3.05) is 13.2 Å². The zero-order valence-corrected chi connectivity index (χ0v) is 19.7. The van der Waals surface area contributed by atoms with E-state index in [-0.39, 0.29) is 5.97 Å². The van der Waals surface area contributed by atoms with Crippen molar-refractivity contribution in [1.29, 1.82) is 0 Å². The van der Waals surface area contributed by atoms with E-state index in [1.165, 1.54) is 12.8 Å². The van der Waals surface area contributed by atoms with Crippen molar-refractivity contribution in [1.82, 2.24) is 0 Å². The van der Waals surface area contributed by atoms with Crippen LogP contribution in [0.3, 0.4) is 0 Å². The topological polar surface area (TPSA) is 44.8 Å². The Hall–Kier alpha value is -2.17. The zero-order chi connectivity index (χ0) is 22.7. The molecule has 1 aliphatic rings. The minimum atomic E-state index is -1.38. The van der Waals surface area contributed by atoms with Gasteiger partial charge < -0.3 is 14.2 Å². The van der Waals surface area contributed by atoms with Crippen molar-refractivity contribution in [2.24, 2.45) is 0 Å². The van der Waals surface area contributed by atoms with E-state index in [0.29, 0.717) is 19.6 Å². The number of carbonyl (C=O) groups excluding carboxylic acids is 1. The molecular formula is C28H40O4. The summed E-state index contributed by atoms with van der Waals surface area (Å²) >= 11 is 0. The van der Waals surface area contributed by atoms with Gasteiger partial charge in [0.05, 0.1) is 18.8 Å². The lowest BCUT2D eigenvalue weighted by Gasteiger charge is -2.35. The summed E-state index contributed by atoms with van der Waals surface area (Å²) < 4.78 is 17.2. The van der Waals surface area contributed by atoms with E-state index < -0.39 is 5.97 Å². The Morgan fingerprint density at radius 2 is 1.50 bits per heavy atom. The lowest BCUT2D eigenvalue weighted by molar-refractivity contribution is -0.394. The summed E-state index contributed by atoms with van der Waals surface area (Å²) in [6, 6.07) is 9.44. The highest BCUT2D eigenvalue weighted by atomic mass is 16.9. The summed E-state index contributed by atoms with van der Waals surface area (Å²) in [4.78, 5) is 12.4. The van der Waals surface area contributed by atoms with Crippen LogP contribution in [0.4, 0.5) is 0 Å². The molecule has 0 amide bonds.